The fraction of sp³-hybridized carbons (Fsp3) is 0.341. The van der Waals surface area contributed by atoms with E-state index in [0.29, 0.717) is 65.9 Å². The fourth-order valence-corrected chi connectivity index (χ4v) is 6.50. The van der Waals surface area contributed by atoms with E-state index in [0.717, 1.165) is 35.2 Å². The molecule has 2 amide bonds. The minimum absolute atomic E-state index is 0.00408. The zero-order valence-corrected chi connectivity index (χ0v) is 30.7. The van der Waals surface area contributed by atoms with Gasteiger partial charge in [-0.1, -0.05) is 32.1 Å². The van der Waals surface area contributed by atoms with Gasteiger partial charge in [0.15, 0.2) is 11.5 Å². The predicted molar refractivity (Wildman–Crippen MR) is 206 cm³/mol. The van der Waals surface area contributed by atoms with Gasteiger partial charge in [0, 0.05) is 61.8 Å². The van der Waals surface area contributed by atoms with Crippen molar-refractivity contribution >= 4 is 34.5 Å². The standard InChI is InChI=1S/C41H46N8O4/c1-27(2)30-17-20-42-36(24-30)45-41(51)29-9-15-34(16-10-29)53-35-18-21-43-40-38(35)39(46-49(40)25-28-7-13-33(52-4)14-8-28)44-31-19-23-48(26-31)37(50)6-5-22-47(3)32-11-12-32/h5-10,13-18,20-21,24,27,31-32H,11-12,19,22-23,25-26H2,1-4H3,(H,44,46)(H,42,45,51)/b6-5+/t31-/m1/s1. The second kappa shape index (κ2) is 15.9. The Morgan fingerprint density at radius 1 is 0.981 bits per heavy atom. The zero-order chi connectivity index (χ0) is 36.9. The quantitative estimate of drug-likeness (QED) is 0.121. The third-order valence-electron chi connectivity index (χ3n) is 9.79. The molecule has 4 heterocycles. The molecule has 12 heteroatoms. The zero-order valence-electron chi connectivity index (χ0n) is 30.7. The number of amides is 2. The van der Waals surface area contributed by atoms with Crippen LogP contribution in [-0.2, 0) is 11.3 Å². The van der Waals surface area contributed by atoms with Gasteiger partial charge < -0.3 is 25.0 Å². The Hall–Kier alpha value is -5.75. The van der Waals surface area contributed by atoms with E-state index in [1.807, 2.05) is 58.1 Å². The molecular weight excluding hydrogens is 669 g/mol. The summed E-state index contributed by atoms with van der Waals surface area (Å²) in [6.07, 6.45) is 10.3. The van der Waals surface area contributed by atoms with Crippen LogP contribution >= 0.6 is 0 Å². The first-order chi connectivity index (χ1) is 25.7. The lowest BCUT2D eigenvalue weighted by Gasteiger charge is -2.16. The minimum Gasteiger partial charge on any atom is -0.497 e. The van der Waals surface area contributed by atoms with Crippen LogP contribution in [0.4, 0.5) is 11.6 Å². The number of anilines is 2. The molecule has 7 rings (SSSR count). The summed E-state index contributed by atoms with van der Waals surface area (Å²) < 4.78 is 13.7. The molecular formula is C41H46N8O4. The van der Waals surface area contributed by atoms with E-state index in [2.05, 4.69) is 41.4 Å². The molecule has 0 spiro atoms. The van der Waals surface area contributed by atoms with Crippen molar-refractivity contribution in [2.45, 2.75) is 57.7 Å². The molecule has 12 nitrogen and oxygen atoms in total. The summed E-state index contributed by atoms with van der Waals surface area (Å²) in [5, 5.41) is 12.2. The van der Waals surface area contributed by atoms with Gasteiger partial charge in [0.2, 0.25) is 5.91 Å². The number of aromatic nitrogens is 4. The van der Waals surface area contributed by atoms with Crippen molar-refractivity contribution in [3.63, 3.8) is 0 Å². The van der Waals surface area contributed by atoms with Gasteiger partial charge in [-0.25, -0.2) is 14.6 Å². The largest absolute Gasteiger partial charge is 0.497 e. The third kappa shape index (κ3) is 8.66. The molecule has 1 atom stereocenters. The first kappa shape index (κ1) is 35.6. The molecule has 2 N–H and O–H groups in total. The number of likely N-dealkylation sites (tertiary alicyclic amines) is 1. The number of benzene rings is 2. The highest BCUT2D eigenvalue weighted by Crippen LogP contribution is 2.35. The molecule has 0 radical (unpaired) electrons. The van der Waals surface area contributed by atoms with Crippen LogP contribution in [0.25, 0.3) is 11.0 Å². The maximum absolute atomic E-state index is 13.1. The van der Waals surface area contributed by atoms with Crippen molar-refractivity contribution in [1.29, 1.82) is 0 Å². The van der Waals surface area contributed by atoms with Crippen molar-refractivity contribution in [2.24, 2.45) is 0 Å². The van der Waals surface area contributed by atoms with Crippen LogP contribution in [0.15, 0.2) is 91.3 Å². The Morgan fingerprint density at radius 2 is 1.74 bits per heavy atom. The monoisotopic (exact) mass is 714 g/mol. The van der Waals surface area contributed by atoms with Crippen LogP contribution in [0.1, 0.15) is 60.5 Å². The Kier molecular flexibility index (Phi) is 10.7. The van der Waals surface area contributed by atoms with Gasteiger partial charge in [-0.15, -0.1) is 0 Å². The lowest BCUT2D eigenvalue weighted by Crippen LogP contribution is -2.30. The first-order valence-corrected chi connectivity index (χ1v) is 18.2. The van der Waals surface area contributed by atoms with Gasteiger partial charge in [0.1, 0.15) is 28.5 Å². The number of nitrogens with one attached hydrogen (secondary N) is 2. The SMILES string of the molecule is COc1ccc(Cn2nc(N[C@@H]3CCN(C(=O)/C=C/CN(C)C4CC4)C3)c3c(Oc4ccc(C(=O)Nc5cc(C(C)C)ccn5)cc4)ccnc32)cc1. The van der Waals surface area contributed by atoms with E-state index in [-0.39, 0.29) is 17.9 Å². The summed E-state index contributed by atoms with van der Waals surface area (Å²) in [6, 6.07) is 21.2. The molecule has 1 saturated heterocycles. The molecule has 2 aliphatic rings. The summed E-state index contributed by atoms with van der Waals surface area (Å²) in [7, 11) is 3.75. The number of carbonyl (C=O) groups is 2. The molecule has 0 unspecified atom stereocenters. The number of rotatable bonds is 14. The molecule has 3 aromatic heterocycles. The summed E-state index contributed by atoms with van der Waals surface area (Å²) in [4.78, 5) is 39.3. The number of hydrogen-bond donors (Lipinski definition) is 2. The van der Waals surface area contributed by atoms with Gasteiger partial charge in [-0.05, 0) is 91.9 Å². The Morgan fingerprint density at radius 3 is 2.47 bits per heavy atom. The number of pyridine rings is 2. The normalized spacial score (nSPS) is 15.8. The lowest BCUT2D eigenvalue weighted by molar-refractivity contribution is -0.125. The predicted octanol–water partition coefficient (Wildman–Crippen LogP) is 6.71. The first-order valence-electron chi connectivity index (χ1n) is 18.2. The number of carbonyl (C=O) groups excluding carboxylic acids is 2. The van der Waals surface area contributed by atoms with E-state index in [4.69, 9.17) is 19.6 Å². The van der Waals surface area contributed by atoms with Gasteiger partial charge in [0.25, 0.3) is 5.91 Å². The van der Waals surface area contributed by atoms with E-state index < -0.39 is 0 Å². The molecule has 2 fully saturated rings. The van der Waals surface area contributed by atoms with Crippen LogP contribution in [0, 0.1) is 0 Å². The van der Waals surface area contributed by atoms with Gasteiger partial charge in [-0.3, -0.25) is 14.5 Å². The molecule has 53 heavy (non-hydrogen) atoms. The van der Waals surface area contributed by atoms with E-state index in [9.17, 15) is 9.59 Å². The molecule has 274 valence electrons. The van der Waals surface area contributed by atoms with Gasteiger partial charge in [-0.2, -0.15) is 5.10 Å². The highest BCUT2D eigenvalue weighted by Gasteiger charge is 2.28. The molecule has 2 aromatic carbocycles. The molecule has 1 aliphatic heterocycles. The van der Waals surface area contributed by atoms with Gasteiger partial charge in [0.05, 0.1) is 13.7 Å². The van der Waals surface area contributed by atoms with Crippen molar-refractivity contribution in [3.8, 4) is 17.2 Å². The highest BCUT2D eigenvalue weighted by atomic mass is 16.5. The molecule has 1 aliphatic carbocycles. The Labute approximate surface area is 309 Å². The topological polar surface area (TPSA) is 127 Å². The van der Waals surface area contributed by atoms with Crippen LogP contribution in [0.3, 0.4) is 0 Å². The van der Waals surface area contributed by atoms with E-state index in [1.165, 1.54) is 12.8 Å². The van der Waals surface area contributed by atoms with Crippen LogP contribution in [-0.4, -0.2) is 87.2 Å². The van der Waals surface area contributed by atoms with E-state index in [1.54, 1.807) is 49.8 Å². The number of ether oxygens (including phenoxy) is 2. The van der Waals surface area contributed by atoms with Crippen LogP contribution in [0.5, 0.6) is 17.2 Å². The highest BCUT2D eigenvalue weighted by molar-refractivity contribution is 6.03. The smallest absolute Gasteiger partial charge is 0.256 e. The Balaban J connectivity index is 1.09. The average Bonchev–Trinajstić information content (AvgIpc) is 3.83. The number of nitrogens with zero attached hydrogens (tertiary/aromatic N) is 6. The Bertz CT molecular complexity index is 2090. The van der Waals surface area contributed by atoms with Crippen molar-refractivity contribution in [3.05, 3.63) is 108 Å². The third-order valence-corrected chi connectivity index (χ3v) is 9.79. The summed E-state index contributed by atoms with van der Waals surface area (Å²) in [6.45, 7) is 6.67. The second-order valence-electron chi connectivity index (χ2n) is 14.1. The molecule has 5 aromatic rings. The van der Waals surface area contributed by atoms with Gasteiger partial charge >= 0.3 is 0 Å². The maximum Gasteiger partial charge on any atom is 0.256 e. The maximum atomic E-state index is 13.1. The minimum atomic E-state index is -0.257. The average molecular weight is 715 g/mol. The lowest BCUT2D eigenvalue weighted by atomic mass is 10.1. The molecule has 1 saturated carbocycles. The van der Waals surface area contributed by atoms with Crippen molar-refractivity contribution in [2.75, 3.05) is 44.4 Å². The summed E-state index contributed by atoms with van der Waals surface area (Å²) in [5.74, 6) is 3.13. The van der Waals surface area contributed by atoms with Crippen molar-refractivity contribution in [1.82, 2.24) is 29.5 Å². The number of fused-ring (bicyclic) bond motifs is 1. The number of methoxy groups -OCH3 is 1. The van der Waals surface area contributed by atoms with Crippen LogP contribution in [0.2, 0.25) is 0 Å². The summed E-state index contributed by atoms with van der Waals surface area (Å²) >= 11 is 0. The fourth-order valence-electron chi connectivity index (χ4n) is 6.50. The molecule has 0 bridgehead atoms. The summed E-state index contributed by atoms with van der Waals surface area (Å²) in [5.41, 5.74) is 3.27. The van der Waals surface area contributed by atoms with E-state index >= 15 is 0 Å². The number of likely N-dealkylation sites (N-methyl/N-ethyl adjacent to an activating group) is 1. The number of hydrogen-bond acceptors (Lipinski definition) is 9. The second-order valence-corrected chi connectivity index (χ2v) is 14.1. The van der Waals surface area contributed by atoms with Crippen LogP contribution < -0.4 is 20.1 Å². The van der Waals surface area contributed by atoms with Crippen molar-refractivity contribution < 1.29 is 19.1 Å².